The lowest BCUT2D eigenvalue weighted by Crippen LogP contribution is -2.43. The van der Waals surface area contributed by atoms with Crippen molar-refractivity contribution in [2.45, 2.75) is 43.8 Å². The highest BCUT2D eigenvalue weighted by Gasteiger charge is 2.68. The van der Waals surface area contributed by atoms with Gasteiger partial charge in [-0.3, -0.25) is 9.59 Å². The molecule has 3 N–H and O–H groups in total. The Kier molecular flexibility index (Phi) is 8.19. The summed E-state index contributed by atoms with van der Waals surface area (Å²) in [5, 5.41) is 2.74. The fourth-order valence-corrected chi connectivity index (χ4v) is 4.21. The van der Waals surface area contributed by atoms with Gasteiger partial charge in [0.2, 0.25) is 5.91 Å². The van der Waals surface area contributed by atoms with Crippen LogP contribution in [-0.2, 0) is 11.2 Å². The number of nitrogens with zero attached hydrogens (tertiary/aromatic N) is 3. The number of alkyl halides is 3. The van der Waals surface area contributed by atoms with Gasteiger partial charge < -0.3 is 16.0 Å². The molecule has 1 saturated carbocycles. The van der Waals surface area contributed by atoms with Gasteiger partial charge in [-0.1, -0.05) is 11.6 Å². The van der Waals surface area contributed by atoms with Crippen molar-refractivity contribution in [2.75, 3.05) is 20.6 Å². The van der Waals surface area contributed by atoms with E-state index in [-0.39, 0.29) is 42.2 Å². The van der Waals surface area contributed by atoms with Crippen LogP contribution in [0.2, 0.25) is 5.02 Å². The zero-order valence-electron chi connectivity index (χ0n) is 19.5. The average molecular weight is 534 g/mol. The Balaban J connectivity index is 1.73. The molecule has 1 aliphatic rings. The summed E-state index contributed by atoms with van der Waals surface area (Å²) in [5.74, 6) is -5.03. The highest BCUT2D eigenvalue weighted by atomic mass is 35.5. The molecule has 0 bridgehead atoms. The molecule has 0 spiro atoms. The predicted molar refractivity (Wildman–Crippen MR) is 121 cm³/mol. The van der Waals surface area contributed by atoms with Crippen molar-refractivity contribution in [2.24, 2.45) is 11.1 Å². The topological polar surface area (TPSA) is 101 Å². The summed E-state index contributed by atoms with van der Waals surface area (Å²) in [6.07, 6.45) is -3.05. The third kappa shape index (κ3) is 6.09. The molecule has 0 unspecified atom stereocenters. The lowest BCUT2D eigenvalue weighted by Gasteiger charge is -2.29. The Morgan fingerprint density at radius 3 is 2.28 bits per heavy atom. The molecule has 2 aromatic rings. The van der Waals surface area contributed by atoms with Gasteiger partial charge in [0.1, 0.15) is 17.5 Å². The molecule has 1 aromatic heterocycles. The predicted octanol–water partition coefficient (Wildman–Crippen LogP) is 3.61. The van der Waals surface area contributed by atoms with Crippen LogP contribution in [-0.4, -0.2) is 59.5 Å². The molecule has 13 heteroatoms. The van der Waals surface area contributed by atoms with E-state index in [1.54, 1.807) is 19.0 Å². The number of carbonyl (C=O) groups excluding carboxylic acids is 2. The average Bonchev–Trinajstić information content (AvgIpc) is 3.59. The molecule has 1 aromatic carbocycles. The third-order valence-electron chi connectivity index (χ3n) is 6.48. The van der Waals surface area contributed by atoms with E-state index >= 15 is 0 Å². The van der Waals surface area contributed by atoms with Crippen LogP contribution in [0.25, 0.3) is 0 Å². The largest absolute Gasteiger partial charge is 0.395 e. The molecule has 0 saturated heterocycles. The summed E-state index contributed by atoms with van der Waals surface area (Å²) in [4.78, 5) is 33.5. The lowest BCUT2D eigenvalue weighted by molar-refractivity contribution is -0.195. The van der Waals surface area contributed by atoms with Gasteiger partial charge in [0.15, 0.2) is 0 Å². The summed E-state index contributed by atoms with van der Waals surface area (Å²) in [5.41, 5.74) is 2.30. The molecule has 2 amide bonds. The minimum Gasteiger partial charge on any atom is -0.366 e. The van der Waals surface area contributed by atoms with E-state index in [0.717, 1.165) is 6.07 Å². The molecule has 196 valence electrons. The molecule has 3 rings (SSSR count). The number of rotatable bonds is 10. The van der Waals surface area contributed by atoms with Crippen LogP contribution >= 0.6 is 11.6 Å². The van der Waals surface area contributed by atoms with Crippen molar-refractivity contribution in [1.29, 1.82) is 0 Å². The molecule has 2 atom stereocenters. The van der Waals surface area contributed by atoms with Gasteiger partial charge in [-0.2, -0.15) is 13.2 Å². The van der Waals surface area contributed by atoms with Crippen molar-refractivity contribution >= 4 is 23.4 Å². The highest BCUT2D eigenvalue weighted by Crippen LogP contribution is 2.65. The van der Waals surface area contributed by atoms with Crippen LogP contribution < -0.4 is 11.1 Å². The number of benzene rings is 1. The number of amides is 2. The SMILES string of the molecule is CN(C)[C@H](CNC(=O)C[C@@H](c1ncc(Cl)cn1)C1(C(F)(F)F)CC1)Cc1cc(F)c(C(N)=O)cc1F. The van der Waals surface area contributed by atoms with E-state index in [4.69, 9.17) is 17.3 Å². The van der Waals surface area contributed by atoms with Gasteiger partial charge in [0.25, 0.3) is 5.91 Å². The number of likely N-dealkylation sites (N-methyl/N-ethyl adjacent to an activating group) is 1. The maximum Gasteiger partial charge on any atom is 0.395 e. The summed E-state index contributed by atoms with van der Waals surface area (Å²) >= 11 is 5.76. The van der Waals surface area contributed by atoms with Crippen molar-refractivity contribution in [3.63, 3.8) is 0 Å². The second kappa shape index (κ2) is 10.6. The van der Waals surface area contributed by atoms with Gasteiger partial charge in [0, 0.05) is 37.3 Å². The Morgan fingerprint density at radius 1 is 1.17 bits per heavy atom. The Labute approximate surface area is 209 Å². The molecular weight excluding hydrogens is 509 g/mol. The number of aromatic nitrogens is 2. The number of hydrogen-bond acceptors (Lipinski definition) is 5. The molecule has 0 radical (unpaired) electrons. The first kappa shape index (κ1) is 27.7. The Hall–Kier alpha value is -2.86. The summed E-state index contributed by atoms with van der Waals surface area (Å²) < 4.78 is 70.1. The fourth-order valence-electron chi connectivity index (χ4n) is 4.11. The molecular formula is C23H25ClF5N5O2. The van der Waals surface area contributed by atoms with Crippen LogP contribution in [0.5, 0.6) is 0 Å². The maximum atomic E-state index is 14.4. The van der Waals surface area contributed by atoms with Crippen molar-refractivity contribution in [1.82, 2.24) is 20.2 Å². The molecule has 1 fully saturated rings. The van der Waals surface area contributed by atoms with Crippen LogP contribution in [0.1, 0.15) is 46.9 Å². The number of halogens is 6. The lowest BCUT2D eigenvalue weighted by atomic mass is 9.84. The number of primary amides is 1. The normalized spacial score (nSPS) is 16.5. The zero-order chi connectivity index (χ0) is 26.8. The first-order valence-corrected chi connectivity index (χ1v) is 11.4. The summed E-state index contributed by atoms with van der Waals surface area (Å²) in [6.45, 7) is -0.0579. The van der Waals surface area contributed by atoms with Crippen molar-refractivity contribution in [3.8, 4) is 0 Å². The van der Waals surface area contributed by atoms with Crippen LogP contribution in [0.3, 0.4) is 0 Å². The summed E-state index contributed by atoms with van der Waals surface area (Å²) in [7, 11) is 3.30. The highest BCUT2D eigenvalue weighted by molar-refractivity contribution is 6.30. The van der Waals surface area contributed by atoms with E-state index in [2.05, 4.69) is 15.3 Å². The molecule has 1 heterocycles. The maximum absolute atomic E-state index is 14.4. The van der Waals surface area contributed by atoms with Crippen LogP contribution in [0, 0.1) is 17.0 Å². The number of carbonyl (C=O) groups is 2. The molecule has 36 heavy (non-hydrogen) atoms. The number of nitrogens with one attached hydrogen (secondary N) is 1. The molecule has 0 aliphatic heterocycles. The molecule has 7 nitrogen and oxygen atoms in total. The van der Waals surface area contributed by atoms with Crippen LogP contribution in [0.15, 0.2) is 24.5 Å². The zero-order valence-corrected chi connectivity index (χ0v) is 20.3. The third-order valence-corrected chi connectivity index (χ3v) is 6.68. The summed E-state index contributed by atoms with van der Waals surface area (Å²) in [6, 6.07) is 1.04. The van der Waals surface area contributed by atoms with E-state index < -0.39 is 59.0 Å². The second-order valence-corrected chi connectivity index (χ2v) is 9.52. The van der Waals surface area contributed by atoms with Gasteiger partial charge in [-0.15, -0.1) is 0 Å². The smallest absolute Gasteiger partial charge is 0.366 e. The van der Waals surface area contributed by atoms with Crippen molar-refractivity contribution < 1.29 is 31.5 Å². The van der Waals surface area contributed by atoms with E-state index in [1.165, 1.54) is 12.4 Å². The first-order chi connectivity index (χ1) is 16.7. The van der Waals surface area contributed by atoms with E-state index in [0.29, 0.717) is 6.07 Å². The number of hydrogen-bond donors (Lipinski definition) is 2. The van der Waals surface area contributed by atoms with Gasteiger partial charge in [-0.05, 0) is 51.1 Å². The van der Waals surface area contributed by atoms with Crippen molar-refractivity contribution in [3.05, 3.63) is 58.1 Å². The Bertz CT molecular complexity index is 1120. The quantitative estimate of drug-likeness (QED) is 0.454. The molecule has 1 aliphatic carbocycles. The monoisotopic (exact) mass is 533 g/mol. The standard InChI is InChI=1S/C23H25ClF5N5O2/c1-34(2)14(5-12-6-18(26)15(20(30)36)7-17(12)25)11-31-19(35)8-16(21-32-9-13(24)10-33-21)22(3-4-22)23(27,28)29/h6-7,9-10,14,16H,3-5,8,11H2,1-2H3,(H2,30,36)(H,31,35)/t14-,16-/m0/s1. The van der Waals surface area contributed by atoms with E-state index in [9.17, 15) is 31.5 Å². The van der Waals surface area contributed by atoms with E-state index in [1.807, 2.05) is 0 Å². The van der Waals surface area contributed by atoms with Gasteiger partial charge in [0.05, 0.1) is 16.0 Å². The van der Waals surface area contributed by atoms with Gasteiger partial charge in [-0.25, -0.2) is 18.7 Å². The van der Waals surface area contributed by atoms with Gasteiger partial charge >= 0.3 is 6.18 Å². The Morgan fingerprint density at radius 2 is 1.78 bits per heavy atom. The fraction of sp³-hybridized carbons (Fsp3) is 0.478. The minimum absolute atomic E-state index is 0.0492. The van der Waals surface area contributed by atoms with Crippen LogP contribution in [0.4, 0.5) is 22.0 Å². The minimum atomic E-state index is -4.55. The first-order valence-electron chi connectivity index (χ1n) is 11.0. The number of nitrogens with two attached hydrogens (primary N) is 1. The second-order valence-electron chi connectivity index (χ2n) is 9.08.